The Kier molecular flexibility index (Phi) is 4.55. The van der Waals surface area contributed by atoms with E-state index in [4.69, 9.17) is 0 Å². The number of nitrogens with zero attached hydrogens (tertiary/aromatic N) is 1. The number of imide groups is 1. The molecular weight excluding hydrogens is 252 g/mol. The van der Waals surface area contributed by atoms with Gasteiger partial charge in [0, 0.05) is 18.2 Å². The van der Waals surface area contributed by atoms with Crippen LogP contribution in [0.15, 0.2) is 24.3 Å². The van der Waals surface area contributed by atoms with Crippen molar-refractivity contribution in [2.45, 2.75) is 33.2 Å². The predicted molar refractivity (Wildman–Crippen MR) is 78.5 cm³/mol. The van der Waals surface area contributed by atoms with Crippen LogP contribution in [-0.4, -0.2) is 35.8 Å². The van der Waals surface area contributed by atoms with Gasteiger partial charge in [-0.3, -0.25) is 14.5 Å². The van der Waals surface area contributed by atoms with Crippen molar-refractivity contribution in [2.24, 2.45) is 5.92 Å². The standard InChI is InChI=1S/C16H22N2O2/c1-11(2)17-9-12(3)10-18-15(19)8-13-6-4-5-7-14(13)16(18)20/h4-7,11-12,17H,8-10H2,1-3H3. The monoisotopic (exact) mass is 274 g/mol. The van der Waals surface area contributed by atoms with Crippen LogP contribution in [0.4, 0.5) is 0 Å². The van der Waals surface area contributed by atoms with Crippen LogP contribution < -0.4 is 5.32 Å². The second-order valence-corrected chi connectivity index (χ2v) is 5.81. The number of amides is 2. The van der Waals surface area contributed by atoms with Crippen molar-refractivity contribution in [1.82, 2.24) is 10.2 Å². The number of rotatable bonds is 5. The van der Waals surface area contributed by atoms with Crippen LogP contribution >= 0.6 is 0 Å². The molecule has 1 aliphatic rings. The van der Waals surface area contributed by atoms with E-state index in [1.807, 2.05) is 18.2 Å². The fourth-order valence-electron chi connectivity index (χ4n) is 2.40. The van der Waals surface area contributed by atoms with Gasteiger partial charge < -0.3 is 5.32 Å². The fourth-order valence-corrected chi connectivity index (χ4v) is 2.40. The molecule has 0 fully saturated rings. The number of carbonyl (C=O) groups excluding carboxylic acids is 2. The van der Waals surface area contributed by atoms with Crippen molar-refractivity contribution in [2.75, 3.05) is 13.1 Å². The van der Waals surface area contributed by atoms with Crippen LogP contribution in [0.2, 0.25) is 0 Å². The first kappa shape index (κ1) is 14.7. The highest BCUT2D eigenvalue weighted by Gasteiger charge is 2.31. The highest BCUT2D eigenvalue weighted by Crippen LogP contribution is 2.20. The summed E-state index contributed by atoms with van der Waals surface area (Å²) in [6, 6.07) is 7.77. The third-order valence-electron chi connectivity index (χ3n) is 3.50. The van der Waals surface area contributed by atoms with Crippen LogP contribution in [0, 0.1) is 5.92 Å². The molecule has 1 aromatic carbocycles. The molecule has 1 aromatic rings. The summed E-state index contributed by atoms with van der Waals surface area (Å²) < 4.78 is 0. The zero-order chi connectivity index (χ0) is 14.7. The quantitative estimate of drug-likeness (QED) is 0.834. The van der Waals surface area contributed by atoms with Crippen molar-refractivity contribution in [3.8, 4) is 0 Å². The first-order valence-corrected chi connectivity index (χ1v) is 7.15. The Morgan fingerprint density at radius 3 is 2.60 bits per heavy atom. The van der Waals surface area contributed by atoms with E-state index < -0.39 is 0 Å². The minimum Gasteiger partial charge on any atom is -0.314 e. The maximum Gasteiger partial charge on any atom is 0.260 e. The Morgan fingerprint density at radius 2 is 1.90 bits per heavy atom. The topological polar surface area (TPSA) is 49.4 Å². The van der Waals surface area contributed by atoms with Gasteiger partial charge in [0.2, 0.25) is 5.91 Å². The molecular formula is C16H22N2O2. The van der Waals surface area contributed by atoms with Gasteiger partial charge >= 0.3 is 0 Å². The lowest BCUT2D eigenvalue weighted by Crippen LogP contribution is -2.46. The normalized spacial score (nSPS) is 16.5. The second kappa shape index (κ2) is 6.18. The molecule has 2 amide bonds. The van der Waals surface area contributed by atoms with Crippen LogP contribution in [0.1, 0.15) is 36.7 Å². The van der Waals surface area contributed by atoms with Crippen LogP contribution in [-0.2, 0) is 11.2 Å². The van der Waals surface area contributed by atoms with E-state index in [0.29, 0.717) is 24.6 Å². The van der Waals surface area contributed by atoms with Crippen molar-refractivity contribution in [3.05, 3.63) is 35.4 Å². The molecule has 0 aliphatic carbocycles. The van der Waals surface area contributed by atoms with E-state index in [2.05, 4.69) is 26.1 Å². The minimum atomic E-state index is -0.159. The predicted octanol–water partition coefficient (Wildman–Crippen LogP) is 1.85. The zero-order valence-electron chi connectivity index (χ0n) is 12.3. The number of hydrogen-bond donors (Lipinski definition) is 1. The van der Waals surface area contributed by atoms with Gasteiger partial charge in [-0.15, -0.1) is 0 Å². The Bertz CT molecular complexity index is 511. The van der Waals surface area contributed by atoms with Crippen molar-refractivity contribution in [1.29, 1.82) is 0 Å². The molecule has 1 unspecified atom stereocenters. The van der Waals surface area contributed by atoms with Gasteiger partial charge in [0.15, 0.2) is 0 Å². The molecule has 1 atom stereocenters. The van der Waals surface area contributed by atoms with Gasteiger partial charge in [-0.2, -0.15) is 0 Å². The van der Waals surface area contributed by atoms with Gasteiger partial charge in [-0.05, 0) is 24.1 Å². The molecule has 4 nitrogen and oxygen atoms in total. The lowest BCUT2D eigenvalue weighted by Gasteiger charge is -2.29. The van der Waals surface area contributed by atoms with Gasteiger partial charge in [-0.25, -0.2) is 0 Å². The maximum atomic E-state index is 12.4. The molecule has 0 saturated heterocycles. The molecule has 0 saturated carbocycles. The molecule has 1 heterocycles. The van der Waals surface area contributed by atoms with Crippen molar-refractivity contribution >= 4 is 11.8 Å². The van der Waals surface area contributed by atoms with Crippen LogP contribution in [0.3, 0.4) is 0 Å². The Labute approximate surface area is 120 Å². The largest absolute Gasteiger partial charge is 0.314 e. The lowest BCUT2D eigenvalue weighted by atomic mass is 9.97. The second-order valence-electron chi connectivity index (χ2n) is 5.81. The molecule has 0 radical (unpaired) electrons. The summed E-state index contributed by atoms with van der Waals surface area (Å²) in [5, 5.41) is 3.33. The third-order valence-corrected chi connectivity index (χ3v) is 3.50. The summed E-state index contributed by atoms with van der Waals surface area (Å²) in [6.07, 6.45) is 0.326. The highest BCUT2D eigenvalue weighted by atomic mass is 16.2. The van der Waals surface area contributed by atoms with E-state index >= 15 is 0 Å². The van der Waals surface area contributed by atoms with Gasteiger partial charge in [0.25, 0.3) is 5.91 Å². The van der Waals surface area contributed by atoms with Crippen molar-refractivity contribution in [3.63, 3.8) is 0 Å². The molecule has 0 bridgehead atoms. The van der Waals surface area contributed by atoms with E-state index in [1.54, 1.807) is 6.07 Å². The van der Waals surface area contributed by atoms with E-state index in [0.717, 1.165) is 12.1 Å². The average molecular weight is 274 g/mol. The zero-order valence-corrected chi connectivity index (χ0v) is 12.3. The fraction of sp³-hybridized carbons (Fsp3) is 0.500. The summed E-state index contributed by atoms with van der Waals surface area (Å²) in [6.45, 7) is 7.50. The third kappa shape index (κ3) is 3.25. The van der Waals surface area contributed by atoms with E-state index in [-0.39, 0.29) is 17.7 Å². The maximum absolute atomic E-state index is 12.4. The summed E-state index contributed by atoms with van der Waals surface area (Å²) >= 11 is 0. The summed E-state index contributed by atoms with van der Waals surface area (Å²) in [7, 11) is 0. The SMILES string of the molecule is CC(CNC(C)C)CN1C(=O)Cc2ccccc2C1=O. The molecule has 1 aliphatic heterocycles. The summed E-state index contributed by atoms with van der Waals surface area (Å²) in [4.78, 5) is 25.9. The number of nitrogens with one attached hydrogen (secondary N) is 1. The molecule has 0 aromatic heterocycles. The van der Waals surface area contributed by atoms with Crippen LogP contribution in [0.5, 0.6) is 0 Å². The summed E-state index contributed by atoms with van der Waals surface area (Å²) in [5.41, 5.74) is 1.50. The van der Waals surface area contributed by atoms with Crippen LogP contribution in [0.25, 0.3) is 0 Å². The Balaban J connectivity index is 2.06. The number of benzene rings is 1. The Hall–Kier alpha value is -1.68. The molecule has 4 heteroatoms. The number of hydrogen-bond acceptors (Lipinski definition) is 3. The smallest absolute Gasteiger partial charge is 0.260 e. The number of fused-ring (bicyclic) bond motifs is 1. The first-order chi connectivity index (χ1) is 9.49. The molecule has 20 heavy (non-hydrogen) atoms. The molecule has 0 spiro atoms. The van der Waals surface area contributed by atoms with Gasteiger partial charge in [0.05, 0.1) is 6.42 Å². The average Bonchev–Trinajstić information content (AvgIpc) is 2.41. The highest BCUT2D eigenvalue weighted by molar-refractivity contribution is 6.09. The first-order valence-electron chi connectivity index (χ1n) is 7.15. The van der Waals surface area contributed by atoms with Gasteiger partial charge in [0.1, 0.15) is 0 Å². The lowest BCUT2D eigenvalue weighted by molar-refractivity contribution is -0.128. The van der Waals surface area contributed by atoms with Crippen molar-refractivity contribution < 1.29 is 9.59 Å². The van der Waals surface area contributed by atoms with E-state index in [9.17, 15) is 9.59 Å². The summed E-state index contributed by atoms with van der Waals surface area (Å²) in [5.74, 6) is -0.00564. The molecule has 1 N–H and O–H groups in total. The number of carbonyl (C=O) groups is 2. The van der Waals surface area contributed by atoms with Gasteiger partial charge in [-0.1, -0.05) is 39.0 Å². The minimum absolute atomic E-state index is 0.0925. The molecule has 2 rings (SSSR count). The van der Waals surface area contributed by atoms with E-state index in [1.165, 1.54) is 4.90 Å². The Morgan fingerprint density at radius 1 is 1.20 bits per heavy atom. The molecule has 108 valence electrons.